The molecule has 0 atom stereocenters. The monoisotopic (exact) mass is 247 g/mol. The van der Waals surface area contributed by atoms with Crippen molar-refractivity contribution in [3.8, 4) is 0 Å². The minimum absolute atomic E-state index is 0.123. The Balaban J connectivity index is 1.96. The zero-order valence-corrected chi connectivity index (χ0v) is 11.5. The van der Waals surface area contributed by atoms with Gasteiger partial charge in [-0.3, -0.25) is 0 Å². The van der Waals surface area contributed by atoms with E-state index >= 15 is 0 Å². The molecule has 0 saturated carbocycles. The summed E-state index contributed by atoms with van der Waals surface area (Å²) in [5.74, 6) is 1.96. The molecule has 98 valence electrons. The minimum atomic E-state index is 0.123. The second kappa shape index (κ2) is 4.98. The van der Waals surface area contributed by atoms with Gasteiger partial charge in [0.15, 0.2) is 0 Å². The fourth-order valence-corrected chi connectivity index (χ4v) is 1.71. The molecule has 2 heterocycles. The third kappa shape index (κ3) is 3.47. The molecule has 0 aliphatic carbocycles. The summed E-state index contributed by atoms with van der Waals surface area (Å²) in [7, 11) is 0. The Bertz CT molecular complexity index is 505. The van der Waals surface area contributed by atoms with Crippen LogP contribution < -0.4 is 5.32 Å². The van der Waals surface area contributed by atoms with Gasteiger partial charge in [-0.1, -0.05) is 0 Å². The Kier molecular flexibility index (Phi) is 3.57. The second-order valence-electron chi connectivity index (χ2n) is 5.63. The summed E-state index contributed by atoms with van der Waals surface area (Å²) in [6, 6.07) is 2.10. The van der Waals surface area contributed by atoms with Crippen LogP contribution in [0.2, 0.25) is 0 Å². The van der Waals surface area contributed by atoms with Crippen LogP contribution in [0.15, 0.2) is 29.1 Å². The molecule has 0 aliphatic heterocycles. The van der Waals surface area contributed by atoms with Gasteiger partial charge in [-0.25, -0.2) is 4.98 Å². The van der Waals surface area contributed by atoms with Crippen molar-refractivity contribution < 1.29 is 4.42 Å². The molecular weight excluding hydrogens is 226 g/mol. The lowest BCUT2D eigenvalue weighted by Gasteiger charge is -2.19. The molecule has 0 unspecified atom stereocenters. The van der Waals surface area contributed by atoms with E-state index in [9.17, 15) is 0 Å². The highest BCUT2D eigenvalue weighted by Gasteiger charge is 2.10. The van der Waals surface area contributed by atoms with Gasteiger partial charge in [0.2, 0.25) is 0 Å². The van der Waals surface area contributed by atoms with E-state index < -0.39 is 0 Å². The zero-order valence-electron chi connectivity index (χ0n) is 11.5. The third-order valence-electron chi connectivity index (χ3n) is 2.78. The van der Waals surface area contributed by atoms with E-state index in [-0.39, 0.29) is 5.54 Å². The molecule has 4 nitrogen and oxygen atoms in total. The molecule has 0 fully saturated rings. The van der Waals surface area contributed by atoms with Crippen molar-refractivity contribution in [3.63, 3.8) is 0 Å². The van der Waals surface area contributed by atoms with Crippen molar-refractivity contribution in [1.82, 2.24) is 14.9 Å². The highest BCUT2D eigenvalue weighted by Crippen LogP contribution is 2.12. The minimum Gasteiger partial charge on any atom is -0.467 e. The van der Waals surface area contributed by atoms with Gasteiger partial charge in [0.25, 0.3) is 0 Å². The van der Waals surface area contributed by atoms with Crippen LogP contribution >= 0.6 is 0 Å². The zero-order chi connectivity index (χ0) is 13.2. The number of aryl methyl sites for hydroxylation is 1. The first kappa shape index (κ1) is 12.9. The predicted molar refractivity (Wildman–Crippen MR) is 71.4 cm³/mol. The van der Waals surface area contributed by atoms with Gasteiger partial charge in [0.05, 0.1) is 12.8 Å². The summed E-state index contributed by atoms with van der Waals surface area (Å²) in [6.07, 6.45) is 5.59. The van der Waals surface area contributed by atoms with E-state index in [4.69, 9.17) is 4.42 Å². The van der Waals surface area contributed by atoms with Gasteiger partial charge in [-0.15, -0.1) is 0 Å². The molecule has 0 aliphatic rings. The molecule has 2 rings (SSSR count). The summed E-state index contributed by atoms with van der Waals surface area (Å²) in [5, 5.41) is 3.44. The topological polar surface area (TPSA) is 43.0 Å². The Morgan fingerprint density at radius 1 is 1.39 bits per heavy atom. The van der Waals surface area contributed by atoms with E-state index in [1.807, 2.05) is 19.4 Å². The van der Waals surface area contributed by atoms with Crippen LogP contribution in [-0.4, -0.2) is 15.1 Å². The number of nitrogens with one attached hydrogen (secondary N) is 1. The average Bonchev–Trinajstić information content (AvgIpc) is 2.86. The van der Waals surface area contributed by atoms with Crippen LogP contribution in [0.5, 0.6) is 0 Å². The summed E-state index contributed by atoms with van der Waals surface area (Å²) in [4.78, 5) is 4.20. The van der Waals surface area contributed by atoms with Crippen molar-refractivity contribution in [1.29, 1.82) is 0 Å². The largest absolute Gasteiger partial charge is 0.467 e. The van der Waals surface area contributed by atoms with E-state index in [1.165, 1.54) is 5.56 Å². The van der Waals surface area contributed by atoms with Gasteiger partial charge in [-0.05, 0) is 33.8 Å². The molecule has 4 heteroatoms. The van der Waals surface area contributed by atoms with Crippen molar-refractivity contribution in [3.05, 3.63) is 41.9 Å². The summed E-state index contributed by atoms with van der Waals surface area (Å²) >= 11 is 0. The van der Waals surface area contributed by atoms with E-state index in [0.717, 1.165) is 24.7 Å². The molecule has 1 N–H and O–H groups in total. The highest BCUT2D eigenvalue weighted by atomic mass is 16.3. The number of rotatable bonds is 4. The molecule has 0 radical (unpaired) electrons. The summed E-state index contributed by atoms with van der Waals surface area (Å²) in [5.41, 5.74) is 1.30. The third-order valence-corrected chi connectivity index (χ3v) is 2.78. The highest BCUT2D eigenvalue weighted by molar-refractivity contribution is 5.13. The first-order chi connectivity index (χ1) is 8.44. The smallest absolute Gasteiger partial charge is 0.123 e. The molecule has 0 saturated heterocycles. The number of imidazole rings is 1. The van der Waals surface area contributed by atoms with E-state index in [2.05, 4.69) is 41.7 Å². The van der Waals surface area contributed by atoms with Crippen molar-refractivity contribution in [2.45, 2.75) is 46.3 Å². The van der Waals surface area contributed by atoms with E-state index in [1.54, 1.807) is 6.20 Å². The van der Waals surface area contributed by atoms with Crippen LogP contribution in [0.25, 0.3) is 0 Å². The fourth-order valence-electron chi connectivity index (χ4n) is 1.71. The van der Waals surface area contributed by atoms with E-state index in [0.29, 0.717) is 0 Å². The van der Waals surface area contributed by atoms with Gasteiger partial charge < -0.3 is 14.3 Å². The Morgan fingerprint density at radius 3 is 2.78 bits per heavy atom. The number of furan rings is 1. The first-order valence-corrected chi connectivity index (χ1v) is 6.23. The van der Waals surface area contributed by atoms with Crippen LogP contribution in [0, 0.1) is 6.92 Å². The van der Waals surface area contributed by atoms with Gasteiger partial charge in [0.1, 0.15) is 11.6 Å². The van der Waals surface area contributed by atoms with Crippen molar-refractivity contribution >= 4 is 0 Å². The first-order valence-electron chi connectivity index (χ1n) is 6.23. The Labute approximate surface area is 108 Å². The van der Waals surface area contributed by atoms with Crippen molar-refractivity contribution in [2.75, 3.05) is 0 Å². The van der Waals surface area contributed by atoms with Crippen molar-refractivity contribution in [2.24, 2.45) is 0 Å². The standard InChI is InChI=1S/C14H21N3O/c1-11-15-5-6-17(11)9-13-7-12(10-18-13)8-16-14(2,3)4/h5-7,10,16H,8-9H2,1-4H3. The normalized spacial score (nSPS) is 12.0. The number of hydrogen-bond donors (Lipinski definition) is 1. The fraction of sp³-hybridized carbons (Fsp3) is 0.500. The SMILES string of the molecule is Cc1nccn1Cc1cc(CNC(C)(C)C)co1. The van der Waals surface area contributed by atoms with Gasteiger partial charge in [0, 0.05) is 30.0 Å². The maximum Gasteiger partial charge on any atom is 0.123 e. The number of hydrogen-bond acceptors (Lipinski definition) is 3. The average molecular weight is 247 g/mol. The Hall–Kier alpha value is -1.55. The molecule has 0 amide bonds. The van der Waals surface area contributed by atoms with Crippen LogP contribution in [0.4, 0.5) is 0 Å². The lowest BCUT2D eigenvalue weighted by Crippen LogP contribution is -2.34. The van der Waals surface area contributed by atoms with Gasteiger partial charge in [-0.2, -0.15) is 0 Å². The number of aromatic nitrogens is 2. The molecule has 2 aromatic heterocycles. The second-order valence-corrected chi connectivity index (χ2v) is 5.63. The molecule has 2 aromatic rings. The van der Waals surface area contributed by atoms with Gasteiger partial charge >= 0.3 is 0 Å². The molecular formula is C14H21N3O. The van der Waals surface area contributed by atoms with Crippen LogP contribution in [0.3, 0.4) is 0 Å². The molecule has 0 aromatic carbocycles. The maximum atomic E-state index is 5.57. The lowest BCUT2D eigenvalue weighted by molar-refractivity contribution is 0.422. The quantitative estimate of drug-likeness (QED) is 0.903. The van der Waals surface area contributed by atoms with Crippen LogP contribution in [0.1, 0.15) is 37.9 Å². The van der Waals surface area contributed by atoms with Crippen LogP contribution in [-0.2, 0) is 13.1 Å². The summed E-state index contributed by atoms with van der Waals surface area (Å²) in [6.45, 7) is 10.0. The number of nitrogens with zero attached hydrogens (tertiary/aromatic N) is 2. The Morgan fingerprint density at radius 2 is 2.17 bits per heavy atom. The maximum absolute atomic E-state index is 5.57. The molecule has 0 bridgehead atoms. The predicted octanol–water partition coefficient (Wildman–Crippen LogP) is 2.72. The molecule has 0 spiro atoms. The summed E-state index contributed by atoms with van der Waals surface area (Å²) < 4.78 is 7.64. The lowest BCUT2D eigenvalue weighted by atomic mass is 10.1. The molecule has 18 heavy (non-hydrogen) atoms.